The van der Waals surface area contributed by atoms with Crippen LogP contribution in [0, 0.1) is 0 Å². The maximum Gasteiger partial charge on any atom is 0.246 e. The number of carbonyl (C=O) groups excluding carboxylic acids is 1. The van der Waals surface area contributed by atoms with Crippen LogP contribution in [0.25, 0.3) is 0 Å². The molecule has 1 aromatic rings. The van der Waals surface area contributed by atoms with Crippen molar-refractivity contribution in [2.24, 2.45) is 0 Å². The van der Waals surface area contributed by atoms with Crippen molar-refractivity contribution >= 4 is 5.91 Å². The molecular weight excluding hydrogens is 280 g/mol. The summed E-state index contributed by atoms with van der Waals surface area (Å²) in [6.07, 6.45) is 3.11. The number of ether oxygens (including phenoxy) is 2. The second-order valence-electron chi connectivity index (χ2n) is 6.17. The third-order valence-electron chi connectivity index (χ3n) is 4.36. The molecule has 2 aliphatic rings. The first-order valence-corrected chi connectivity index (χ1v) is 8.02. The first-order chi connectivity index (χ1) is 10.7. The van der Waals surface area contributed by atoms with Crippen molar-refractivity contribution in [3.05, 3.63) is 29.8 Å². The zero-order valence-corrected chi connectivity index (χ0v) is 13.1. The van der Waals surface area contributed by atoms with Gasteiger partial charge in [-0.25, -0.2) is 0 Å². The lowest BCUT2D eigenvalue weighted by Crippen LogP contribution is -2.39. The molecule has 22 heavy (non-hydrogen) atoms. The predicted octanol–water partition coefficient (Wildman–Crippen LogP) is 1.22. The normalized spacial score (nSPS) is 22.1. The number of nitrogens with one attached hydrogen (secondary N) is 1. The Morgan fingerprint density at radius 3 is 2.91 bits per heavy atom. The lowest BCUT2D eigenvalue weighted by atomic mass is 10.1. The molecule has 2 heterocycles. The van der Waals surface area contributed by atoms with E-state index in [0.717, 1.165) is 38.1 Å². The summed E-state index contributed by atoms with van der Waals surface area (Å²) in [5, 5.41) is 2.91. The van der Waals surface area contributed by atoms with Gasteiger partial charge in [-0.15, -0.1) is 0 Å². The van der Waals surface area contributed by atoms with E-state index >= 15 is 0 Å². The Labute approximate surface area is 131 Å². The van der Waals surface area contributed by atoms with Crippen LogP contribution in [0.2, 0.25) is 0 Å². The summed E-state index contributed by atoms with van der Waals surface area (Å²) >= 11 is 0. The smallest absolute Gasteiger partial charge is 0.246 e. The molecular formula is C17H24N2O3. The molecule has 1 saturated heterocycles. The Hall–Kier alpha value is -1.59. The average Bonchev–Trinajstić information content (AvgIpc) is 2.95. The molecule has 120 valence electrons. The summed E-state index contributed by atoms with van der Waals surface area (Å²) in [6, 6.07) is 8.02. The van der Waals surface area contributed by atoms with E-state index in [1.807, 2.05) is 18.2 Å². The number of para-hydroxylation sites is 1. The van der Waals surface area contributed by atoms with Crippen LogP contribution in [0.1, 0.15) is 18.4 Å². The minimum Gasteiger partial charge on any atom is -0.488 e. The van der Waals surface area contributed by atoms with Crippen LogP contribution in [-0.2, 0) is 16.0 Å². The van der Waals surface area contributed by atoms with Crippen LogP contribution < -0.4 is 10.1 Å². The Kier molecular flexibility index (Phi) is 4.95. The van der Waals surface area contributed by atoms with E-state index in [1.165, 1.54) is 5.56 Å². The summed E-state index contributed by atoms with van der Waals surface area (Å²) < 4.78 is 11.5. The molecule has 1 fully saturated rings. The Morgan fingerprint density at radius 2 is 2.14 bits per heavy atom. The van der Waals surface area contributed by atoms with Gasteiger partial charge in [-0.05, 0) is 31.5 Å². The van der Waals surface area contributed by atoms with Gasteiger partial charge in [0.05, 0.1) is 12.6 Å². The van der Waals surface area contributed by atoms with Gasteiger partial charge in [-0.1, -0.05) is 18.2 Å². The molecule has 0 radical (unpaired) electrons. The van der Waals surface area contributed by atoms with Crippen LogP contribution in [0.3, 0.4) is 0 Å². The molecule has 5 nitrogen and oxygen atoms in total. The zero-order chi connectivity index (χ0) is 15.4. The summed E-state index contributed by atoms with van der Waals surface area (Å²) in [4.78, 5) is 14.2. The van der Waals surface area contributed by atoms with Gasteiger partial charge in [0.15, 0.2) is 0 Å². The molecule has 1 aromatic carbocycles. The topological polar surface area (TPSA) is 50.8 Å². The number of hydrogen-bond donors (Lipinski definition) is 1. The fourth-order valence-corrected chi connectivity index (χ4v) is 2.99. The van der Waals surface area contributed by atoms with Crippen molar-refractivity contribution in [2.75, 3.05) is 33.3 Å². The standard InChI is InChI=1S/C17H24N2O3/c1-19-8-6-14(7-9-19)21-12-17(20)18-11-15-10-13-4-2-3-5-16(13)22-15/h2-5,14-15H,6-12H2,1H3,(H,18,20). The number of nitrogens with zero attached hydrogens (tertiary/aromatic N) is 1. The second kappa shape index (κ2) is 7.11. The maximum atomic E-state index is 11.9. The number of piperidine rings is 1. The highest BCUT2D eigenvalue weighted by molar-refractivity contribution is 5.77. The third kappa shape index (κ3) is 3.99. The molecule has 0 aromatic heterocycles. The van der Waals surface area contributed by atoms with Crippen molar-refractivity contribution < 1.29 is 14.3 Å². The largest absolute Gasteiger partial charge is 0.488 e. The van der Waals surface area contributed by atoms with Crippen LogP contribution in [0.15, 0.2) is 24.3 Å². The number of carbonyl (C=O) groups is 1. The SMILES string of the molecule is CN1CCC(OCC(=O)NCC2Cc3ccccc3O2)CC1. The van der Waals surface area contributed by atoms with Gasteiger partial charge in [0.2, 0.25) is 5.91 Å². The predicted molar refractivity (Wildman–Crippen MR) is 84.0 cm³/mol. The minimum absolute atomic E-state index is 0.0321. The maximum absolute atomic E-state index is 11.9. The van der Waals surface area contributed by atoms with Crippen molar-refractivity contribution in [3.8, 4) is 5.75 Å². The summed E-state index contributed by atoms with van der Waals surface area (Å²) in [6.45, 7) is 2.76. The summed E-state index contributed by atoms with van der Waals surface area (Å²) in [5.74, 6) is 0.878. The molecule has 2 aliphatic heterocycles. The van der Waals surface area contributed by atoms with E-state index in [2.05, 4.69) is 23.3 Å². The lowest BCUT2D eigenvalue weighted by Gasteiger charge is -2.28. The van der Waals surface area contributed by atoms with Crippen LogP contribution in [-0.4, -0.2) is 56.3 Å². The van der Waals surface area contributed by atoms with Crippen molar-refractivity contribution in [1.82, 2.24) is 10.2 Å². The number of benzene rings is 1. The van der Waals surface area contributed by atoms with E-state index in [9.17, 15) is 4.79 Å². The molecule has 5 heteroatoms. The van der Waals surface area contributed by atoms with Gasteiger partial charge in [0.25, 0.3) is 0 Å². The molecule has 0 saturated carbocycles. The van der Waals surface area contributed by atoms with Gasteiger partial charge < -0.3 is 19.7 Å². The van der Waals surface area contributed by atoms with Gasteiger partial charge in [0, 0.05) is 19.5 Å². The fourth-order valence-electron chi connectivity index (χ4n) is 2.99. The Balaban J connectivity index is 1.33. The Morgan fingerprint density at radius 1 is 1.36 bits per heavy atom. The number of rotatable bonds is 5. The van der Waals surface area contributed by atoms with Gasteiger partial charge in [-0.3, -0.25) is 4.79 Å². The third-order valence-corrected chi connectivity index (χ3v) is 4.36. The van der Waals surface area contributed by atoms with E-state index < -0.39 is 0 Å². The molecule has 1 unspecified atom stereocenters. The van der Waals surface area contributed by atoms with Crippen molar-refractivity contribution in [3.63, 3.8) is 0 Å². The highest BCUT2D eigenvalue weighted by Gasteiger charge is 2.23. The van der Waals surface area contributed by atoms with Gasteiger partial charge in [-0.2, -0.15) is 0 Å². The highest BCUT2D eigenvalue weighted by atomic mass is 16.5. The molecule has 1 atom stereocenters. The fraction of sp³-hybridized carbons (Fsp3) is 0.588. The number of likely N-dealkylation sites (tertiary alicyclic amines) is 1. The van der Waals surface area contributed by atoms with Crippen LogP contribution >= 0.6 is 0 Å². The molecule has 0 aliphatic carbocycles. The number of hydrogen-bond acceptors (Lipinski definition) is 4. The van der Waals surface area contributed by atoms with E-state index in [-0.39, 0.29) is 24.7 Å². The van der Waals surface area contributed by atoms with E-state index in [4.69, 9.17) is 9.47 Å². The van der Waals surface area contributed by atoms with Crippen LogP contribution in [0.4, 0.5) is 0 Å². The monoisotopic (exact) mass is 304 g/mol. The lowest BCUT2D eigenvalue weighted by molar-refractivity contribution is -0.129. The zero-order valence-electron chi connectivity index (χ0n) is 13.1. The minimum atomic E-state index is -0.0570. The number of fused-ring (bicyclic) bond motifs is 1. The Bertz CT molecular complexity index is 487. The first-order valence-electron chi connectivity index (χ1n) is 8.02. The highest BCUT2D eigenvalue weighted by Crippen LogP contribution is 2.27. The van der Waals surface area contributed by atoms with E-state index in [0.29, 0.717) is 6.54 Å². The average molecular weight is 304 g/mol. The molecule has 1 amide bonds. The van der Waals surface area contributed by atoms with Crippen LogP contribution in [0.5, 0.6) is 5.75 Å². The molecule has 0 bridgehead atoms. The molecule has 0 spiro atoms. The van der Waals surface area contributed by atoms with Gasteiger partial charge >= 0.3 is 0 Å². The van der Waals surface area contributed by atoms with E-state index in [1.54, 1.807) is 0 Å². The van der Waals surface area contributed by atoms with Crippen molar-refractivity contribution in [1.29, 1.82) is 0 Å². The summed E-state index contributed by atoms with van der Waals surface area (Å²) in [5.41, 5.74) is 1.21. The molecule has 1 N–H and O–H groups in total. The molecule has 3 rings (SSSR count). The quantitative estimate of drug-likeness (QED) is 0.888. The second-order valence-corrected chi connectivity index (χ2v) is 6.17. The van der Waals surface area contributed by atoms with Gasteiger partial charge in [0.1, 0.15) is 18.5 Å². The van der Waals surface area contributed by atoms with Crippen molar-refractivity contribution in [2.45, 2.75) is 31.5 Å². The first kappa shape index (κ1) is 15.3. The number of amides is 1. The summed E-state index contributed by atoms with van der Waals surface area (Å²) in [7, 11) is 2.11.